The number of hydrogen-bond acceptors (Lipinski definition) is 9. The minimum Gasteiger partial charge on any atom is -0.452 e. The van der Waals surface area contributed by atoms with Crippen molar-refractivity contribution in [3.8, 4) is 6.07 Å². The number of carbonyl (C=O) groups is 2. The Morgan fingerprint density at radius 2 is 1.97 bits per heavy atom. The van der Waals surface area contributed by atoms with Crippen LogP contribution in [0, 0.1) is 21.4 Å². The summed E-state index contributed by atoms with van der Waals surface area (Å²) in [6.07, 6.45) is 0. The van der Waals surface area contributed by atoms with Gasteiger partial charge in [0.1, 0.15) is 23.0 Å². The van der Waals surface area contributed by atoms with Crippen LogP contribution in [0.4, 0.5) is 17.1 Å². The number of esters is 1. The molecule has 1 amide bonds. The quantitative estimate of drug-likeness (QED) is 0.340. The number of carbonyl (C=O) groups excluding carboxylic acids is 2. The van der Waals surface area contributed by atoms with Crippen LogP contribution in [0.3, 0.4) is 0 Å². The molecule has 3 aromatic rings. The third-order valence-electron chi connectivity index (χ3n) is 5.06. The SMILES string of the molecule is N#Cc1oc2ccccc2c1NC(=O)COC(=O)c1ccc(N2CCOCC2)c([N+](=O)[O-])c1. The predicted octanol–water partition coefficient (Wildman–Crippen LogP) is 2.84. The predicted molar refractivity (Wildman–Crippen MR) is 116 cm³/mol. The Bertz CT molecular complexity index is 1270. The number of fused-ring (bicyclic) bond motifs is 1. The molecule has 11 heteroatoms. The van der Waals surface area contributed by atoms with Gasteiger partial charge in [0.25, 0.3) is 11.6 Å². The van der Waals surface area contributed by atoms with Gasteiger partial charge in [0.2, 0.25) is 5.76 Å². The van der Waals surface area contributed by atoms with Gasteiger partial charge in [0.15, 0.2) is 6.61 Å². The number of amides is 1. The molecule has 2 aromatic carbocycles. The number of nitro benzene ring substituents is 1. The number of nitrogens with zero attached hydrogens (tertiary/aromatic N) is 3. The zero-order valence-electron chi connectivity index (χ0n) is 17.3. The van der Waals surface area contributed by atoms with Crippen molar-refractivity contribution >= 4 is 39.9 Å². The first-order valence-electron chi connectivity index (χ1n) is 9.97. The fourth-order valence-corrected chi connectivity index (χ4v) is 3.51. The summed E-state index contributed by atoms with van der Waals surface area (Å²) in [6, 6.07) is 12.7. The normalized spacial score (nSPS) is 13.4. The van der Waals surface area contributed by atoms with Gasteiger partial charge in [0.05, 0.1) is 23.7 Å². The van der Waals surface area contributed by atoms with E-state index >= 15 is 0 Å². The number of para-hydroxylation sites is 1. The maximum Gasteiger partial charge on any atom is 0.338 e. The Morgan fingerprint density at radius 3 is 2.70 bits per heavy atom. The lowest BCUT2D eigenvalue weighted by Gasteiger charge is -2.28. The number of nitrogens with one attached hydrogen (secondary N) is 1. The Balaban J connectivity index is 1.44. The number of ether oxygens (including phenoxy) is 2. The van der Waals surface area contributed by atoms with E-state index in [2.05, 4.69) is 5.32 Å². The lowest BCUT2D eigenvalue weighted by atomic mass is 10.1. The number of furan rings is 1. The van der Waals surface area contributed by atoms with Crippen LogP contribution in [0.2, 0.25) is 0 Å². The van der Waals surface area contributed by atoms with E-state index in [1.807, 2.05) is 11.0 Å². The standard InChI is InChI=1S/C22H18N4O7/c23-12-19-21(15-3-1-2-4-18(15)33-19)24-20(27)13-32-22(28)14-5-6-16(17(11-14)26(29)30)25-7-9-31-10-8-25/h1-6,11H,7-10,13H2,(H,24,27). The fourth-order valence-electron chi connectivity index (χ4n) is 3.51. The monoisotopic (exact) mass is 450 g/mol. The molecule has 11 nitrogen and oxygen atoms in total. The van der Waals surface area contributed by atoms with Gasteiger partial charge in [-0.1, -0.05) is 12.1 Å². The lowest BCUT2D eigenvalue weighted by Crippen LogP contribution is -2.36. The fraction of sp³-hybridized carbons (Fsp3) is 0.227. The van der Waals surface area contributed by atoms with Crippen LogP contribution in [0.1, 0.15) is 16.1 Å². The average Bonchev–Trinajstić information content (AvgIpc) is 3.20. The minimum atomic E-state index is -0.890. The third-order valence-corrected chi connectivity index (χ3v) is 5.06. The Hall–Kier alpha value is -4.43. The second kappa shape index (κ2) is 9.37. The summed E-state index contributed by atoms with van der Waals surface area (Å²) in [7, 11) is 0. The molecule has 0 bridgehead atoms. The molecule has 1 aliphatic heterocycles. The zero-order chi connectivity index (χ0) is 23.4. The number of benzene rings is 2. The molecule has 1 aromatic heterocycles. The summed E-state index contributed by atoms with van der Waals surface area (Å²) in [5.41, 5.74) is 0.694. The molecule has 0 aliphatic carbocycles. The summed E-state index contributed by atoms with van der Waals surface area (Å²) in [5.74, 6) is -1.66. The van der Waals surface area contributed by atoms with Gasteiger partial charge < -0.3 is 24.1 Å². The smallest absolute Gasteiger partial charge is 0.338 e. The van der Waals surface area contributed by atoms with Crippen molar-refractivity contribution in [1.82, 2.24) is 0 Å². The number of morpholine rings is 1. The summed E-state index contributed by atoms with van der Waals surface area (Å²) >= 11 is 0. The van der Waals surface area contributed by atoms with Crippen molar-refractivity contribution in [3.05, 3.63) is 63.9 Å². The first kappa shape index (κ1) is 21.8. The van der Waals surface area contributed by atoms with E-state index in [9.17, 15) is 25.0 Å². The Kier molecular flexibility index (Phi) is 6.19. The average molecular weight is 450 g/mol. The largest absolute Gasteiger partial charge is 0.452 e. The van der Waals surface area contributed by atoms with Gasteiger partial charge in [-0.2, -0.15) is 5.26 Å². The van der Waals surface area contributed by atoms with Gasteiger partial charge in [-0.3, -0.25) is 14.9 Å². The van der Waals surface area contributed by atoms with Crippen molar-refractivity contribution < 1.29 is 28.4 Å². The van der Waals surface area contributed by atoms with Gasteiger partial charge >= 0.3 is 5.97 Å². The summed E-state index contributed by atoms with van der Waals surface area (Å²) in [5, 5.41) is 23.8. The second-order valence-corrected chi connectivity index (χ2v) is 7.10. The molecule has 0 saturated carbocycles. The first-order chi connectivity index (χ1) is 16.0. The number of rotatable bonds is 6. The molecular formula is C22H18N4O7. The number of nitriles is 1. The minimum absolute atomic E-state index is 0.0574. The number of hydrogen-bond donors (Lipinski definition) is 1. The first-order valence-corrected chi connectivity index (χ1v) is 9.97. The van der Waals surface area contributed by atoms with Crippen molar-refractivity contribution in [2.75, 3.05) is 43.1 Å². The molecule has 0 atom stereocenters. The molecule has 0 radical (unpaired) electrons. The summed E-state index contributed by atoms with van der Waals surface area (Å²) < 4.78 is 15.7. The van der Waals surface area contributed by atoms with Crippen molar-refractivity contribution in [3.63, 3.8) is 0 Å². The summed E-state index contributed by atoms with van der Waals surface area (Å²) in [4.78, 5) is 37.5. The van der Waals surface area contributed by atoms with Crippen LogP contribution in [0.5, 0.6) is 0 Å². The Labute approximate surface area is 187 Å². The van der Waals surface area contributed by atoms with Crippen LogP contribution >= 0.6 is 0 Å². The third kappa shape index (κ3) is 4.60. The molecule has 1 saturated heterocycles. The van der Waals surface area contributed by atoms with Crippen molar-refractivity contribution in [2.24, 2.45) is 0 Å². The molecule has 1 aliphatic rings. The molecule has 0 spiro atoms. The molecular weight excluding hydrogens is 432 g/mol. The molecule has 33 heavy (non-hydrogen) atoms. The van der Waals surface area contributed by atoms with E-state index in [0.717, 1.165) is 6.07 Å². The number of anilines is 2. The highest BCUT2D eigenvalue weighted by Gasteiger charge is 2.24. The van der Waals surface area contributed by atoms with E-state index in [1.54, 1.807) is 24.3 Å². The van der Waals surface area contributed by atoms with Crippen LogP contribution in [0.25, 0.3) is 11.0 Å². The van der Waals surface area contributed by atoms with Gasteiger partial charge in [-0.15, -0.1) is 0 Å². The van der Waals surface area contributed by atoms with Crippen molar-refractivity contribution in [2.45, 2.75) is 0 Å². The highest BCUT2D eigenvalue weighted by molar-refractivity contribution is 6.04. The van der Waals surface area contributed by atoms with E-state index in [4.69, 9.17) is 13.9 Å². The highest BCUT2D eigenvalue weighted by Crippen LogP contribution is 2.31. The van der Waals surface area contributed by atoms with Crippen LogP contribution in [0.15, 0.2) is 46.9 Å². The highest BCUT2D eigenvalue weighted by atomic mass is 16.6. The van der Waals surface area contributed by atoms with E-state index < -0.39 is 23.4 Å². The van der Waals surface area contributed by atoms with E-state index in [0.29, 0.717) is 43.0 Å². The van der Waals surface area contributed by atoms with Crippen LogP contribution in [-0.2, 0) is 14.3 Å². The van der Waals surface area contributed by atoms with E-state index in [1.165, 1.54) is 12.1 Å². The van der Waals surface area contributed by atoms with Crippen LogP contribution in [-0.4, -0.2) is 49.7 Å². The van der Waals surface area contributed by atoms with E-state index in [-0.39, 0.29) is 22.7 Å². The molecule has 4 rings (SSSR count). The van der Waals surface area contributed by atoms with Crippen molar-refractivity contribution in [1.29, 1.82) is 5.26 Å². The molecule has 0 unspecified atom stereocenters. The summed E-state index contributed by atoms with van der Waals surface area (Å²) in [6.45, 7) is 1.25. The maximum absolute atomic E-state index is 12.4. The molecule has 2 heterocycles. The van der Waals surface area contributed by atoms with Gasteiger partial charge in [0, 0.05) is 24.5 Å². The molecule has 1 N–H and O–H groups in total. The second-order valence-electron chi connectivity index (χ2n) is 7.10. The zero-order valence-corrected chi connectivity index (χ0v) is 17.3. The lowest BCUT2D eigenvalue weighted by molar-refractivity contribution is -0.384. The Morgan fingerprint density at radius 1 is 1.21 bits per heavy atom. The van der Waals surface area contributed by atoms with Gasteiger partial charge in [-0.25, -0.2) is 4.79 Å². The maximum atomic E-state index is 12.4. The van der Waals surface area contributed by atoms with Crippen LogP contribution < -0.4 is 10.2 Å². The number of nitro groups is 1. The molecule has 168 valence electrons. The van der Waals surface area contributed by atoms with Gasteiger partial charge in [-0.05, 0) is 24.3 Å². The molecule has 1 fully saturated rings. The topological polar surface area (TPSA) is 148 Å².